The molecule has 0 bridgehead atoms. The van der Waals surface area contributed by atoms with Gasteiger partial charge in [0.15, 0.2) is 23.2 Å². The van der Waals surface area contributed by atoms with Gasteiger partial charge in [-0.1, -0.05) is 168 Å². The largest absolute Gasteiger partial charge is 0.309 e. The summed E-state index contributed by atoms with van der Waals surface area (Å²) >= 11 is 0. The topological polar surface area (TPSA) is 100 Å². The summed E-state index contributed by atoms with van der Waals surface area (Å²) < 4.78 is 4.72. The predicted octanol–water partition coefficient (Wildman–Crippen LogP) is 21.6. The minimum atomic E-state index is -0.0681. The Bertz CT molecular complexity index is 4800. The van der Waals surface area contributed by atoms with Crippen LogP contribution in [0.3, 0.4) is 0 Å². The summed E-state index contributed by atoms with van der Waals surface area (Å²) in [4.78, 5) is 20.4. The summed E-state index contributed by atoms with van der Waals surface area (Å²) in [7, 11) is 0. The highest BCUT2D eigenvalue weighted by atomic mass is 15.0. The molecule has 0 saturated carbocycles. The third kappa shape index (κ3) is 10.7. The van der Waals surface area contributed by atoms with Gasteiger partial charge in [0.05, 0.1) is 51.9 Å². The molecule has 0 unspecified atom stereocenters. The highest BCUT2D eigenvalue weighted by Crippen LogP contribution is 2.44. The minimum absolute atomic E-state index is 0.0671. The number of rotatable bonds is 8. The summed E-state index contributed by atoms with van der Waals surface area (Å²) in [5.74, 6) is 1.30. The van der Waals surface area contributed by atoms with Crippen molar-refractivity contribution in [3.8, 4) is 91.1 Å². The maximum atomic E-state index is 10.5. The first-order valence-corrected chi connectivity index (χ1v) is 30.8. The number of hydrogen-bond acceptors (Lipinski definition) is 5. The molecule has 8 heteroatoms. The van der Waals surface area contributed by atoms with Crippen LogP contribution in [0.25, 0.3) is 127 Å². The third-order valence-corrected chi connectivity index (χ3v) is 17.7. The van der Waals surface area contributed by atoms with Gasteiger partial charge in [-0.15, -0.1) is 0 Å². The van der Waals surface area contributed by atoms with E-state index in [1.807, 2.05) is 84.9 Å². The molecule has 0 fully saturated rings. The Morgan fingerprint density at radius 1 is 0.333 bits per heavy atom. The van der Waals surface area contributed by atoms with Gasteiger partial charge in [-0.25, -0.2) is 19.8 Å². The van der Waals surface area contributed by atoms with Gasteiger partial charge in [-0.2, -0.15) is 10.5 Å². The average molecular weight is 1170 g/mol. The molecule has 0 aliphatic heterocycles. The van der Waals surface area contributed by atoms with Gasteiger partial charge in [-0.3, -0.25) is 0 Å². The van der Waals surface area contributed by atoms with Crippen LogP contribution < -0.4 is 0 Å². The number of benzene rings is 10. The quantitative estimate of drug-likeness (QED) is 0.141. The molecule has 10 aromatic carbocycles. The molecule has 0 atom stereocenters. The summed E-state index contributed by atoms with van der Waals surface area (Å²) in [6, 6.07) is 76.4. The smallest absolute Gasteiger partial charge is 0.187 e. The van der Waals surface area contributed by atoms with E-state index in [0.717, 1.165) is 83.5 Å². The number of fused-ring (bicyclic) bond motifs is 6. The number of nitriles is 2. The second-order valence-corrected chi connectivity index (χ2v) is 28.0. The first kappa shape index (κ1) is 58.3. The lowest BCUT2D eigenvalue weighted by Gasteiger charge is -2.19. The lowest BCUT2D eigenvalue weighted by Crippen LogP contribution is -2.10. The van der Waals surface area contributed by atoms with Gasteiger partial charge in [0.25, 0.3) is 0 Å². The Hall–Kier alpha value is -10.7. The van der Waals surface area contributed by atoms with Crippen LogP contribution in [0.15, 0.2) is 206 Å². The first-order valence-electron chi connectivity index (χ1n) is 30.8. The van der Waals surface area contributed by atoms with Crippen LogP contribution >= 0.6 is 0 Å². The van der Waals surface area contributed by atoms with E-state index < -0.39 is 0 Å². The molecule has 0 aliphatic rings. The van der Waals surface area contributed by atoms with E-state index >= 15 is 0 Å². The second-order valence-electron chi connectivity index (χ2n) is 28.0. The van der Waals surface area contributed by atoms with Crippen molar-refractivity contribution in [3.05, 3.63) is 251 Å². The molecule has 8 nitrogen and oxygen atoms in total. The fraction of sp³-hybridized carbons (Fsp3) is 0.195. The summed E-state index contributed by atoms with van der Waals surface area (Å²) in [6.07, 6.45) is 0. The van der Waals surface area contributed by atoms with Gasteiger partial charge >= 0.3 is 0 Å². The molecule has 0 aliphatic carbocycles. The van der Waals surface area contributed by atoms with E-state index in [4.69, 9.17) is 21.5 Å². The summed E-state index contributed by atoms with van der Waals surface area (Å²) in [5, 5.41) is 25.1. The number of hydrogen-bond donors (Lipinski definition) is 0. The monoisotopic (exact) mass is 1170 g/mol. The Morgan fingerprint density at radius 3 is 1.08 bits per heavy atom. The number of aromatic nitrogens is 5. The van der Waals surface area contributed by atoms with Crippen molar-refractivity contribution in [2.45, 2.75) is 105 Å². The van der Waals surface area contributed by atoms with Gasteiger partial charge in [0, 0.05) is 49.6 Å². The molecular weight excluding hydrogens is 1100 g/mol. The second kappa shape index (κ2) is 21.8. The van der Waals surface area contributed by atoms with Gasteiger partial charge in [0.2, 0.25) is 0 Å². The lowest BCUT2D eigenvalue weighted by atomic mass is 9.85. The zero-order chi connectivity index (χ0) is 63.2. The zero-order valence-electron chi connectivity index (χ0n) is 53.2. The van der Waals surface area contributed by atoms with E-state index in [2.05, 4.69) is 231 Å². The third-order valence-electron chi connectivity index (χ3n) is 17.7. The van der Waals surface area contributed by atoms with E-state index in [1.54, 1.807) is 0 Å². The molecule has 90 heavy (non-hydrogen) atoms. The number of nitrogens with zero attached hydrogens (tertiary/aromatic N) is 8. The van der Waals surface area contributed by atoms with Crippen molar-refractivity contribution in [1.82, 2.24) is 24.1 Å². The molecule has 0 amide bonds. The Labute approximate surface area is 527 Å². The van der Waals surface area contributed by atoms with Crippen LogP contribution in [0.4, 0.5) is 5.69 Å². The SMILES string of the molecule is [C-]#[N+]c1cccc(-c2cc(-n3c4ccc(C(C)(C)C)cc4c4cc(C(C)(C)C)ccc43)ccc2-c2nc(-c3cccc(-c4cccc(C#N)c4)c3)nc(-c3ccc(-n4c5ccc(C(C)(C)C)cc5c5cc(C(C)(C)C)ccc54)cc3-c3cccc(C#N)c3)n2)c1. The molecule has 0 saturated heterocycles. The Kier molecular flexibility index (Phi) is 14.2. The molecule has 13 rings (SSSR count). The van der Waals surface area contributed by atoms with Crippen LogP contribution in [0.2, 0.25) is 0 Å². The molecule has 3 aromatic heterocycles. The molecule has 13 aromatic rings. The van der Waals surface area contributed by atoms with Gasteiger partial charge in [0.1, 0.15) is 0 Å². The van der Waals surface area contributed by atoms with Gasteiger partial charge < -0.3 is 9.13 Å². The zero-order valence-corrected chi connectivity index (χ0v) is 53.2. The predicted molar refractivity (Wildman–Crippen MR) is 372 cm³/mol. The highest BCUT2D eigenvalue weighted by Gasteiger charge is 2.26. The maximum absolute atomic E-state index is 10.5. The normalized spacial score (nSPS) is 12.2. The molecule has 3 heterocycles. The standard InChI is InChI=1S/C82H70N8/c1-79(2,3)57-26-34-72-68(42-57)69-43-58(80(4,5)6)27-35-73(69)89(72)62-30-32-64(66(46-62)54-22-15-19-51(39-54)49-84)77-86-76(56-24-16-21-53(40-56)52-20-14-18-50(38-52)48-83)87-78(88-77)65-33-31-63(47-67(65)55-23-17-25-61(41-55)85-13)90-74-36-28-59(81(7,8)9)44-70(74)71-45-60(82(10,11)12)29-37-75(71)90/h14-47H,1-12H3. The van der Waals surface area contributed by atoms with Crippen LogP contribution in [-0.4, -0.2) is 24.1 Å². The van der Waals surface area contributed by atoms with Crippen molar-refractivity contribution in [2.75, 3.05) is 0 Å². The Balaban J connectivity index is 1.08. The Morgan fingerprint density at radius 2 is 0.678 bits per heavy atom. The van der Waals surface area contributed by atoms with Crippen LogP contribution in [0.5, 0.6) is 0 Å². The fourth-order valence-corrected chi connectivity index (χ4v) is 12.5. The van der Waals surface area contributed by atoms with Crippen LogP contribution in [0, 0.1) is 29.2 Å². The maximum Gasteiger partial charge on any atom is 0.187 e. The summed E-state index contributed by atoms with van der Waals surface area (Å²) in [5.41, 5.74) is 20.0. The first-order chi connectivity index (χ1) is 42.9. The summed E-state index contributed by atoms with van der Waals surface area (Å²) in [6.45, 7) is 35.3. The van der Waals surface area contributed by atoms with Crippen molar-refractivity contribution in [3.63, 3.8) is 0 Å². The van der Waals surface area contributed by atoms with Gasteiger partial charge in [-0.05, 0) is 199 Å². The average Bonchev–Trinajstić information content (AvgIpc) is 1.54. The van der Waals surface area contributed by atoms with E-state index in [-0.39, 0.29) is 21.7 Å². The molecule has 0 radical (unpaired) electrons. The lowest BCUT2D eigenvalue weighted by molar-refractivity contribution is 0.590. The van der Waals surface area contributed by atoms with Crippen molar-refractivity contribution >= 4 is 49.3 Å². The molecule has 0 spiro atoms. The van der Waals surface area contributed by atoms with E-state index in [1.165, 1.54) is 43.8 Å². The van der Waals surface area contributed by atoms with Crippen molar-refractivity contribution in [1.29, 1.82) is 10.5 Å². The van der Waals surface area contributed by atoms with Crippen LogP contribution in [-0.2, 0) is 21.7 Å². The van der Waals surface area contributed by atoms with E-state index in [0.29, 0.717) is 34.3 Å². The van der Waals surface area contributed by atoms with E-state index in [9.17, 15) is 10.5 Å². The fourth-order valence-electron chi connectivity index (χ4n) is 12.5. The highest BCUT2D eigenvalue weighted by molar-refractivity contribution is 6.11. The molecule has 438 valence electrons. The van der Waals surface area contributed by atoms with Crippen molar-refractivity contribution < 1.29 is 0 Å². The van der Waals surface area contributed by atoms with Crippen LogP contribution in [0.1, 0.15) is 116 Å². The minimum Gasteiger partial charge on any atom is -0.309 e. The molecule has 0 N–H and O–H groups in total. The van der Waals surface area contributed by atoms with Crippen molar-refractivity contribution in [2.24, 2.45) is 0 Å². The molecular formula is C82H70N8.